The van der Waals surface area contributed by atoms with Crippen molar-refractivity contribution in [2.75, 3.05) is 13.1 Å². The average molecular weight is 583 g/mol. The summed E-state index contributed by atoms with van der Waals surface area (Å²) in [6.45, 7) is 3.86. The van der Waals surface area contributed by atoms with Gasteiger partial charge in [-0.25, -0.2) is 18.3 Å². The Morgan fingerprint density at radius 2 is 1.44 bits per heavy atom. The highest BCUT2D eigenvalue weighted by Crippen LogP contribution is 2.33. The lowest BCUT2D eigenvalue weighted by atomic mass is 9.88. The van der Waals surface area contributed by atoms with Crippen LogP contribution in [0.2, 0.25) is 0 Å². The predicted molar refractivity (Wildman–Crippen MR) is 151 cm³/mol. The van der Waals surface area contributed by atoms with E-state index in [2.05, 4.69) is 0 Å². The number of piperidine rings is 1. The third-order valence-electron chi connectivity index (χ3n) is 6.75. The van der Waals surface area contributed by atoms with Gasteiger partial charge in [-0.3, -0.25) is 4.79 Å². The summed E-state index contributed by atoms with van der Waals surface area (Å²) in [5.74, 6) is -1.28. The lowest BCUT2D eigenvalue weighted by Crippen LogP contribution is -2.53. The normalized spacial score (nSPS) is 14.4. The van der Waals surface area contributed by atoms with Gasteiger partial charge in [-0.05, 0) is 55.4 Å². The molecule has 1 fully saturated rings. The molecule has 0 aliphatic carbocycles. The van der Waals surface area contributed by atoms with Crippen LogP contribution in [0, 0.1) is 0 Å². The highest BCUT2D eigenvalue weighted by atomic mass is 32.2. The molecule has 0 atom stereocenters. The molecule has 1 aliphatic rings. The van der Waals surface area contributed by atoms with E-state index in [4.69, 9.17) is 15.2 Å². The van der Waals surface area contributed by atoms with Gasteiger partial charge in [0.2, 0.25) is 5.91 Å². The molecule has 4 rings (SSSR count). The minimum absolute atomic E-state index is 0.0740. The molecule has 2 amide bonds. The van der Waals surface area contributed by atoms with Crippen molar-refractivity contribution in [3.8, 4) is 0 Å². The van der Waals surface area contributed by atoms with Crippen LogP contribution in [-0.4, -0.2) is 53.9 Å². The van der Waals surface area contributed by atoms with E-state index < -0.39 is 27.8 Å². The minimum Gasteiger partial charge on any atom is -0.456 e. The Morgan fingerprint density at radius 3 is 1.98 bits per heavy atom. The van der Waals surface area contributed by atoms with Gasteiger partial charge in [-0.2, -0.15) is 8.42 Å². The highest BCUT2D eigenvalue weighted by molar-refractivity contribution is 7.88. The van der Waals surface area contributed by atoms with Crippen LogP contribution in [0.1, 0.15) is 59.8 Å². The number of amides is 2. The number of likely N-dealkylation sites (tertiary alicyclic amines) is 1. The number of nitrogens with one attached hydrogen (secondary N) is 1. The molecule has 3 aromatic rings. The van der Waals surface area contributed by atoms with Crippen LogP contribution in [0.15, 0.2) is 72.9 Å². The first-order chi connectivity index (χ1) is 19.5. The number of rotatable bonds is 9. The summed E-state index contributed by atoms with van der Waals surface area (Å²) in [5.41, 5.74) is 6.60. The van der Waals surface area contributed by atoms with Gasteiger partial charge in [0.25, 0.3) is 0 Å². The maximum absolute atomic E-state index is 13.4. The molecular weight excluding hydrogens is 548 g/mol. The lowest BCUT2D eigenvalue weighted by Gasteiger charge is -2.35. The molecule has 12 heteroatoms. The number of carbonyl (C=O) groups is 3. The number of esters is 1. The first-order valence-corrected chi connectivity index (χ1v) is 14.6. The van der Waals surface area contributed by atoms with Crippen LogP contribution in [0.3, 0.4) is 0 Å². The molecule has 218 valence electrons. The van der Waals surface area contributed by atoms with Gasteiger partial charge in [0, 0.05) is 19.3 Å². The molecule has 2 heterocycles. The fourth-order valence-electron chi connectivity index (χ4n) is 4.67. The van der Waals surface area contributed by atoms with E-state index in [1.165, 1.54) is 12.3 Å². The number of ether oxygens (including phenoxy) is 2. The topological polar surface area (TPSA) is 150 Å². The van der Waals surface area contributed by atoms with Crippen LogP contribution >= 0.6 is 0 Å². The van der Waals surface area contributed by atoms with Gasteiger partial charge in [0.15, 0.2) is 0 Å². The number of hydrogen-bond acceptors (Lipinski definition) is 8. The number of benzene rings is 2. The quantitative estimate of drug-likeness (QED) is 0.365. The Kier molecular flexibility index (Phi) is 9.14. The zero-order chi connectivity index (χ0) is 29.6. The second-order valence-corrected chi connectivity index (χ2v) is 12.0. The monoisotopic (exact) mass is 582 g/mol. The first-order valence-electron chi connectivity index (χ1n) is 13.2. The molecule has 0 bridgehead atoms. The van der Waals surface area contributed by atoms with Crippen molar-refractivity contribution in [1.29, 1.82) is 0 Å². The van der Waals surface area contributed by atoms with Gasteiger partial charge in [-0.15, -0.1) is 0 Å². The number of nitrogens with two attached hydrogens (primary N) is 1. The second-order valence-electron chi connectivity index (χ2n) is 10.4. The standard InChI is InChI=1S/C29H34N4O7S/c1-29(2,30)27(35)32-16-13-23(14-17-32)24-15-18-33(25(24)26(34)39-19-21-9-5-3-6-10-21)41(37,38)31-28(36)40-20-22-11-7-4-8-12-22/h3-12,15,18,23H,13-14,16-17,19-20,30H2,1-2H3,(H,31,36). The summed E-state index contributed by atoms with van der Waals surface area (Å²) in [6, 6.07) is 19.3. The third-order valence-corrected chi connectivity index (χ3v) is 7.99. The van der Waals surface area contributed by atoms with Crippen molar-refractivity contribution in [3.63, 3.8) is 0 Å². The minimum atomic E-state index is -4.57. The molecule has 41 heavy (non-hydrogen) atoms. The summed E-state index contributed by atoms with van der Waals surface area (Å²) in [7, 11) is -4.57. The van der Waals surface area contributed by atoms with E-state index in [-0.39, 0.29) is 30.7 Å². The van der Waals surface area contributed by atoms with E-state index >= 15 is 0 Å². The van der Waals surface area contributed by atoms with Gasteiger partial charge < -0.3 is 20.1 Å². The zero-order valence-corrected chi connectivity index (χ0v) is 23.8. The first kappa shape index (κ1) is 29.8. The van der Waals surface area contributed by atoms with Gasteiger partial charge >= 0.3 is 22.3 Å². The third kappa shape index (κ3) is 7.53. The molecule has 0 radical (unpaired) electrons. The molecule has 1 aromatic heterocycles. The lowest BCUT2D eigenvalue weighted by molar-refractivity contribution is -0.136. The Morgan fingerprint density at radius 1 is 0.902 bits per heavy atom. The van der Waals surface area contributed by atoms with Crippen molar-refractivity contribution >= 4 is 28.2 Å². The summed E-state index contributed by atoms with van der Waals surface area (Å²) < 4.78 is 39.7. The van der Waals surface area contributed by atoms with Crippen LogP contribution < -0.4 is 10.5 Å². The van der Waals surface area contributed by atoms with Crippen molar-refractivity contribution in [2.45, 2.75) is 51.4 Å². The fraction of sp³-hybridized carbons (Fsp3) is 0.345. The average Bonchev–Trinajstić information content (AvgIpc) is 3.41. The highest BCUT2D eigenvalue weighted by Gasteiger charge is 2.35. The van der Waals surface area contributed by atoms with Crippen LogP contribution in [0.25, 0.3) is 0 Å². The van der Waals surface area contributed by atoms with Crippen molar-refractivity contribution in [1.82, 2.24) is 13.6 Å². The summed E-state index contributed by atoms with van der Waals surface area (Å²) in [4.78, 5) is 40.1. The molecule has 11 nitrogen and oxygen atoms in total. The predicted octanol–water partition coefficient (Wildman–Crippen LogP) is 3.31. The number of aromatic nitrogens is 1. The van der Waals surface area contributed by atoms with Gasteiger partial charge in [-0.1, -0.05) is 60.7 Å². The maximum atomic E-state index is 13.4. The molecule has 2 aromatic carbocycles. The summed E-state index contributed by atoms with van der Waals surface area (Å²) in [5, 5.41) is 0. The van der Waals surface area contributed by atoms with Crippen molar-refractivity contribution in [3.05, 3.63) is 95.3 Å². The Balaban J connectivity index is 1.55. The summed E-state index contributed by atoms with van der Waals surface area (Å²) in [6.07, 6.45) is 0.986. The van der Waals surface area contributed by atoms with Crippen molar-refractivity contribution in [2.24, 2.45) is 5.73 Å². The van der Waals surface area contributed by atoms with E-state index in [1.54, 1.807) is 73.3 Å². The Labute approximate surface area is 239 Å². The van der Waals surface area contributed by atoms with Crippen LogP contribution in [-0.2, 0) is 37.7 Å². The largest absolute Gasteiger partial charge is 0.456 e. The van der Waals surface area contributed by atoms with E-state index in [9.17, 15) is 22.8 Å². The Bertz CT molecular complexity index is 1470. The molecule has 0 saturated carbocycles. The summed E-state index contributed by atoms with van der Waals surface area (Å²) >= 11 is 0. The molecule has 1 saturated heterocycles. The van der Waals surface area contributed by atoms with Crippen molar-refractivity contribution < 1.29 is 32.3 Å². The fourth-order valence-corrected chi connectivity index (χ4v) is 5.68. The van der Waals surface area contributed by atoms with E-state index in [0.717, 1.165) is 5.56 Å². The maximum Gasteiger partial charge on any atom is 0.422 e. The number of nitrogens with zero attached hydrogens (tertiary/aromatic N) is 2. The van der Waals surface area contributed by atoms with Crippen LogP contribution in [0.4, 0.5) is 4.79 Å². The molecule has 0 spiro atoms. The Hall–Kier alpha value is -4.16. The second kappa shape index (κ2) is 12.6. The smallest absolute Gasteiger partial charge is 0.422 e. The van der Waals surface area contributed by atoms with Gasteiger partial charge in [0.1, 0.15) is 18.9 Å². The zero-order valence-electron chi connectivity index (χ0n) is 23.0. The molecule has 0 unspecified atom stereocenters. The molecule has 1 aliphatic heterocycles. The molecule has 3 N–H and O–H groups in total. The SMILES string of the molecule is CC(C)(N)C(=O)N1CCC(c2ccn(S(=O)(=O)NC(=O)OCc3ccccc3)c2C(=O)OCc2ccccc2)CC1. The molecular formula is C29H34N4O7S. The van der Waals surface area contributed by atoms with E-state index in [0.29, 0.717) is 41.0 Å². The number of hydrogen-bond donors (Lipinski definition) is 2. The van der Waals surface area contributed by atoms with Gasteiger partial charge in [0.05, 0.1) is 5.54 Å². The van der Waals surface area contributed by atoms with Crippen LogP contribution in [0.5, 0.6) is 0 Å². The number of carbonyl (C=O) groups excluding carboxylic acids is 3. The van der Waals surface area contributed by atoms with E-state index in [1.807, 2.05) is 10.8 Å².